The Labute approximate surface area is 204 Å². The summed E-state index contributed by atoms with van der Waals surface area (Å²) in [5, 5.41) is -0.154. The summed E-state index contributed by atoms with van der Waals surface area (Å²) >= 11 is 6.35. The zero-order chi connectivity index (χ0) is 24.5. The Morgan fingerprint density at radius 3 is 1.97 bits per heavy atom. The molecule has 0 bridgehead atoms. The molecule has 0 N–H and O–H groups in total. The van der Waals surface area contributed by atoms with Crippen LogP contribution in [0.5, 0.6) is 0 Å². The highest BCUT2D eigenvalue weighted by molar-refractivity contribution is 7.89. The maximum Gasteiger partial charge on any atom is 0.263 e. The van der Waals surface area contributed by atoms with E-state index in [-0.39, 0.29) is 27.6 Å². The molecular weight excluding hydrogens is 472 g/mol. The monoisotopic (exact) mass is 494 g/mol. The predicted molar refractivity (Wildman–Crippen MR) is 131 cm³/mol. The number of benzene rings is 3. The number of carbonyl (C=O) groups is 2. The third-order valence-electron chi connectivity index (χ3n) is 5.71. The lowest BCUT2D eigenvalue weighted by Crippen LogP contribution is -2.53. The topological polar surface area (TPSA) is 74.8 Å². The summed E-state index contributed by atoms with van der Waals surface area (Å²) in [7, 11) is -4.16. The minimum absolute atomic E-state index is 0.0238. The van der Waals surface area contributed by atoms with E-state index in [0.717, 1.165) is 20.3 Å². The molecule has 8 heteroatoms. The number of sulfonamides is 1. The number of hydrogen-bond donors (Lipinski definition) is 0. The first-order valence-corrected chi connectivity index (χ1v) is 12.5. The van der Waals surface area contributed by atoms with Gasteiger partial charge in [-0.1, -0.05) is 78.3 Å². The van der Waals surface area contributed by atoms with Crippen LogP contribution in [0.25, 0.3) is 0 Å². The first-order chi connectivity index (χ1) is 16.2. The number of nitrogens with zero attached hydrogens (tertiary/aromatic N) is 2. The first kappa shape index (κ1) is 23.9. The number of halogens is 1. The molecule has 1 atom stereocenters. The average molecular weight is 495 g/mol. The van der Waals surface area contributed by atoms with Crippen LogP contribution in [0.3, 0.4) is 0 Å². The van der Waals surface area contributed by atoms with Crippen molar-refractivity contribution in [1.82, 2.24) is 9.21 Å². The van der Waals surface area contributed by atoms with Crippen LogP contribution in [0, 0.1) is 6.92 Å². The molecule has 3 aromatic rings. The van der Waals surface area contributed by atoms with Gasteiger partial charge in [-0.25, -0.2) is 8.42 Å². The van der Waals surface area contributed by atoms with Gasteiger partial charge in [0.1, 0.15) is 6.17 Å². The van der Waals surface area contributed by atoms with E-state index >= 15 is 0 Å². The van der Waals surface area contributed by atoms with Crippen LogP contribution >= 0.6 is 11.6 Å². The van der Waals surface area contributed by atoms with Crippen molar-refractivity contribution in [3.05, 3.63) is 113 Å². The largest absolute Gasteiger partial charge is 0.269 e. The number of fused-ring (bicyclic) bond motifs is 1. The summed E-state index contributed by atoms with van der Waals surface area (Å²) in [6.45, 7) is 5.57. The molecule has 6 nitrogen and oxygen atoms in total. The molecule has 1 aliphatic heterocycles. The van der Waals surface area contributed by atoms with Crippen LogP contribution in [0.15, 0.2) is 95.4 Å². The van der Waals surface area contributed by atoms with Crippen LogP contribution < -0.4 is 0 Å². The Balaban J connectivity index is 1.80. The van der Waals surface area contributed by atoms with Crippen molar-refractivity contribution in [2.75, 3.05) is 6.54 Å². The zero-order valence-corrected chi connectivity index (χ0v) is 20.1. The van der Waals surface area contributed by atoms with Crippen LogP contribution in [-0.4, -0.2) is 42.1 Å². The Kier molecular flexibility index (Phi) is 6.70. The molecule has 0 saturated carbocycles. The van der Waals surface area contributed by atoms with Crippen molar-refractivity contribution in [2.24, 2.45) is 0 Å². The molecule has 2 amide bonds. The third kappa shape index (κ3) is 4.42. The van der Waals surface area contributed by atoms with Gasteiger partial charge in [0.05, 0.1) is 16.0 Å². The van der Waals surface area contributed by atoms with E-state index in [1.807, 2.05) is 37.3 Å². The van der Waals surface area contributed by atoms with E-state index in [0.29, 0.717) is 6.42 Å². The van der Waals surface area contributed by atoms with Crippen LogP contribution in [0.2, 0.25) is 0 Å². The van der Waals surface area contributed by atoms with Crippen LogP contribution in [0.1, 0.15) is 31.8 Å². The molecule has 4 rings (SSSR count). The third-order valence-corrected chi connectivity index (χ3v) is 7.78. The fourth-order valence-electron chi connectivity index (χ4n) is 3.96. The summed E-state index contributed by atoms with van der Waals surface area (Å²) in [6.07, 6.45) is -1.06. The Bertz CT molecular complexity index is 1320. The summed E-state index contributed by atoms with van der Waals surface area (Å²) in [5.41, 5.74) is 2.19. The molecule has 0 spiro atoms. The maximum atomic E-state index is 13.8. The molecule has 1 aliphatic rings. The van der Waals surface area contributed by atoms with E-state index in [9.17, 15) is 18.0 Å². The van der Waals surface area contributed by atoms with Gasteiger partial charge in [-0.15, -0.1) is 0 Å². The molecular formula is C26H23ClN2O4S. The predicted octanol–water partition coefficient (Wildman–Crippen LogP) is 4.60. The van der Waals surface area contributed by atoms with Gasteiger partial charge in [0.25, 0.3) is 11.8 Å². The number of aryl methyl sites for hydroxylation is 1. The highest BCUT2D eigenvalue weighted by Gasteiger charge is 2.46. The van der Waals surface area contributed by atoms with Gasteiger partial charge in [-0.2, -0.15) is 4.31 Å². The Morgan fingerprint density at radius 2 is 1.44 bits per heavy atom. The normalized spacial score (nSPS) is 14.4. The highest BCUT2D eigenvalue weighted by atomic mass is 35.5. The molecule has 34 heavy (non-hydrogen) atoms. The molecule has 0 aromatic heterocycles. The number of amides is 2. The van der Waals surface area contributed by atoms with E-state index in [1.165, 1.54) is 24.3 Å². The van der Waals surface area contributed by atoms with Gasteiger partial charge in [0.15, 0.2) is 0 Å². The molecule has 0 fully saturated rings. The number of carbonyl (C=O) groups excluding carboxylic acids is 2. The second kappa shape index (κ2) is 9.54. The van der Waals surface area contributed by atoms with Crippen molar-refractivity contribution in [3.63, 3.8) is 0 Å². The Morgan fingerprint density at radius 1 is 0.912 bits per heavy atom. The van der Waals surface area contributed by atoms with Gasteiger partial charge >= 0.3 is 0 Å². The second-order valence-corrected chi connectivity index (χ2v) is 10.4. The van der Waals surface area contributed by atoms with E-state index in [2.05, 4.69) is 6.58 Å². The second-order valence-electron chi connectivity index (χ2n) is 8.01. The zero-order valence-electron chi connectivity index (χ0n) is 18.5. The van der Waals surface area contributed by atoms with Gasteiger partial charge in [-0.3, -0.25) is 14.5 Å². The van der Waals surface area contributed by atoms with Crippen molar-refractivity contribution in [3.8, 4) is 0 Å². The average Bonchev–Trinajstić information content (AvgIpc) is 3.07. The van der Waals surface area contributed by atoms with Crippen LogP contribution in [-0.2, 0) is 16.4 Å². The molecule has 0 radical (unpaired) electrons. The smallest absolute Gasteiger partial charge is 0.263 e. The van der Waals surface area contributed by atoms with Gasteiger partial charge in [-0.05, 0) is 43.2 Å². The Hall–Kier alpha value is -3.26. The lowest BCUT2D eigenvalue weighted by Gasteiger charge is -2.35. The van der Waals surface area contributed by atoms with E-state index in [4.69, 9.17) is 11.6 Å². The minimum Gasteiger partial charge on any atom is -0.269 e. The number of imide groups is 1. The SMILES string of the molecule is C=C(Cl)C(N1C(=O)c2ccccc2C1=O)N(CCc1ccccc1)S(=O)(=O)c1ccc(C)cc1. The summed E-state index contributed by atoms with van der Waals surface area (Å²) in [6, 6.07) is 22.1. The van der Waals surface area contributed by atoms with Crippen LogP contribution in [0.4, 0.5) is 0 Å². The standard InChI is InChI=1S/C26H23ClN2O4S/c1-18-12-14-21(15-13-18)34(32,33)28(17-16-20-8-4-3-5-9-20)24(19(2)27)29-25(30)22-10-6-7-11-23(22)26(29)31/h3-15,24H,2,16-17H2,1H3. The molecule has 1 heterocycles. The highest BCUT2D eigenvalue weighted by Crippen LogP contribution is 2.32. The lowest BCUT2D eigenvalue weighted by molar-refractivity contribution is 0.0521. The quantitative estimate of drug-likeness (QED) is 0.429. The molecule has 3 aromatic carbocycles. The fraction of sp³-hybridized carbons (Fsp3) is 0.154. The van der Waals surface area contributed by atoms with Crippen molar-refractivity contribution in [2.45, 2.75) is 24.4 Å². The number of hydrogen-bond acceptors (Lipinski definition) is 4. The van der Waals surface area contributed by atoms with Gasteiger partial charge in [0, 0.05) is 11.6 Å². The molecule has 0 aliphatic carbocycles. The number of rotatable bonds is 8. The summed E-state index contributed by atoms with van der Waals surface area (Å²) in [4.78, 5) is 27.4. The van der Waals surface area contributed by atoms with Crippen molar-refractivity contribution < 1.29 is 18.0 Å². The van der Waals surface area contributed by atoms with Gasteiger partial charge in [0.2, 0.25) is 10.0 Å². The lowest BCUT2D eigenvalue weighted by atomic mass is 10.1. The van der Waals surface area contributed by atoms with E-state index in [1.54, 1.807) is 24.3 Å². The molecule has 1 unspecified atom stereocenters. The minimum atomic E-state index is -4.16. The first-order valence-electron chi connectivity index (χ1n) is 10.7. The maximum absolute atomic E-state index is 13.8. The van der Waals surface area contributed by atoms with Crippen molar-refractivity contribution >= 4 is 33.4 Å². The fourth-order valence-corrected chi connectivity index (χ4v) is 5.80. The summed E-state index contributed by atoms with van der Waals surface area (Å²) in [5.74, 6) is -1.23. The van der Waals surface area contributed by atoms with Gasteiger partial charge < -0.3 is 0 Å². The van der Waals surface area contributed by atoms with Crippen molar-refractivity contribution in [1.29, 1.82) is 0 Å². The molecule has 174 valence electrons. The van der Waals surface area contributed by atoms with E-state index < -0.39 is 28.0 Å². The molecule has 0 saturated heterocycles. The summed E-state index contributed by atoms with van der Waals surface area (Å²) < 4.78 is 28.7.